The fourth-order valence-corrected chi connectivity index (χ4v) is 6.17. The summed E-state index contributed by atoms with van der Waals surface area (Å²) in [6, 6.07) is 15.9. The molecule has 35 heavy (non-hydrogen) atoms. The highest BCUT2D eigenvalue weighted by molar-refractivity contribution is 8.27. The van der Waals surface area contributed by atoms with Crippen LogP contribution in [0, 0.1) is 11.3 Å². The second kappa shape index (κ2) is 9.13. The largest absolute Gasteiger partial charge is 0.342 e. The molecule has 0 bridgehead atoms. The number of amidine groups is 2. The van der Waals surface area contributed by atoms with Gasteiger partial charge in [-0.05, 0) is 54.4 Å². The van der Waals surface area contributed by atoms with E-state index in [2.05, 4.69) is 15.6 Å². The number of nitrogens with zero attached hydrogens (tertiary/aromatic N) is 4. The minimum Gasteiger partial charge on any atom is -0.342 e. The molecule has 1 saturated carbocycles. The molecule has 1 N–H and O–H groups in total. The van der Waals surface area contributed by atoms with Gasteiger partial charge in [-0.2, -0.15) is 15.1 Å². The molecule has 2 aliphatic heterocycles. The van der Waals surface area contributed by atoms with Crippen LogP contribution in [0.2, 0.25) is 5.02 Å². The zero-order chi connectivity index (χ0) is 23.9. The first-order chi connectivity index (χ1) is 17.1. The maximum atomic E-state index is 13.0. The van der Waals surface area contributed by atoms with Crippen LogP contribution in [0.1, 0.15) is 43.2 Å². The van der Waals surface area contributed by atoms with Crippen molar-refractivity contribution in [2.45, 2.75) is 38.6 Å². The van der Waals surface area contributed by atoms with Gasteiger partial charge in [0.15, 0.2) is 5.84 Å². The Labute approximate surface area is 212 Å². The number of hydrogen-bond acceptors (Lipinski definition) is 4. The Morgan fingerprint density at radius 2 is 1.86 bits per heavy atom. The molecule has 1 amide bonds. The van der Waals surface area contributed by atoms with Crippen LogP contribution in [0.3, 0.4) is 0 Å². The summed E-state index contributed by atoms with van der Waals surface area (Å²) in [4.78, 5) is 17.3. The number of thioether (sulfide) groups is 1. The van der Waals surface area contributed by atoms with Gasteiger partial charge in [-0.3, -0.25) is 10.2 Å². The minimum absolute atomic E-state index is 0.0906. The zero-order valence-corrected chi connectivity index (χ0v) is 20.6. The standard InChI is InChI=1S/C27H24ClN5OS/c28-20-12-10-17(11-13-20)15-32-16-19(21-8-4-5-9-23(21)32)14-22-24(29)33-27(30-25(22)34)35-26(31-33)18-6-2-1-3-7-18/h4-5,8-14,16,18,29H,1-3,6-7,15H2. The molecule has 3 aliphatic rings. The van der Waals surface area contributed by atoms with Crippen molar-refractivity contribution in [2.75, 3.05) is 0 Å². The number of fused-ring (bicyclic) bond motifs is 2. The molecule has 1 aliphatic carbocycles. The Morgan fingerprint density at radius 3 is 2.66 bits per heavy atom. The first-order valence-corrected chi connectivity index (χ1v) is 13.1. The molecule has 176 valence electrons. The Kier molecular flexibility index (Phi) is 5.82. The van der Waals surface area contributed by atoms with Crippen molar-refractivity contribution in [1.82, 2.24) is 9.58 Å². The topological polar surface area (TPSA) is 73.8 Å². The highest BCUT2D eigenvalue weighted by Crippen LogP contribution is 2.36. The number of aliphatic imine (C=N–C) groups is 1. The molecule has 6 rings (SSSR count). The molecule has 6 nitrogen and oxygen atoms in total. The van der Waals surface area contributed by atoms with Crippen molar-refractivity contribution in [3.63, 3.8) is 0 Å². The van der Waals surface area contributed by atoms with E-state index < -0.39 is 0 Å². The zero-order valence-electron chi connectivity index (χ0n) is 19.1. The molecule has 0 spiro atoms. The second-order valence-corrected chi connectivity index (χ2v) is 10.6. The molecule has 2 aromatic carbocycles. The summed E-state index contributed by atoms with van der Waals surface area (Å²) in [5.41, 5.74) is 3.33. The maximum absolute atomic E-state index is 13.0. The molecule has 1 fully saturated rings. The van der Waals surface area contributed by atoms with Gasteiger partial charge in [0.2, 0.25) is 5.17 Å². The summed E-state index contributed by atoms with van der Waals surface area (Å²) in [7, 11) is 0. The average molecular weight is 502 g/mol. The van der Waals surface area contributed by atoms with Gasteiger partial charge >= 0.3 is 0 Å². The van der Waals surface area contributed by atoms with E-state index in [0.29, 0.717) is 22.7 Å². The third-order valence-corrected chi connectivity index (χ3v) is 8.13. The van der Waals surface area contributed by atoms with Crippen LogP contribution >= 0.6 is 23.4 Å². The minimum atomic E-state index is -0.386. The van der Waals surface area contributed by atoms with Crippen LogP contribution in [0.4, 0.5) is 0 Å². The number of hydrogen-bond donors (Lipinski definition) is 1. The van der Waals surface area contributed by atoms with Crippen molar-refractivity contribution in [1.29, 1.82) is 5.41 Å². The van der Waals surface area contributed by atoms with Crippen LogP contribution in [0.15, 0.2) is 70.4 Å². The van der Waals surface area contributed by atoms with Crippen molar-refractivity contribution >= 4 is 62.3 Å². The fraction of sp³-hybridized carbons (Fsp3) is 0.259. The lowest BCUT2D eigenvalue weighted by Gasteiger charge is -2.20. The van der Waals surface area contributed by atoms with Gasteiger partial charge in [0.1, 0.15) is 5.04 Å². The third-order valence-electron chi connectivity index (χ3n) is 6.81. The van der Waals surface area contributed by atoms with Gasteiger partial charge in [-0.15, -0.1) is 0 Å². The predicted octanol–water partition coefficient (Wildman–Crippen LogP) is 6.54. The highest BCUT2D eigenvalue weighted by Gasteiger charge is 2.38. The lowest BCUT2D eigenvalue weighted by molar-refractivity contribution is -0.114. The quantitative estimate of drug-likeness (QED) is 0.412. The number of carbonyl (C=O) groups is 1. The van der Waals surface area contributed by atoms with E-state index in [1.54, 1.807) is 6.08 Å². The van der Waals surface area contributed by atoms with Gasteiger partial charge in [0.05, 0.1) is 5.57 Å². The Hall–Kier alpha value is -3.16. The van der Waals surface area contributed by atoms with E-state index in [0.717, 1.165) is 39.9 Å². The van der Waals surface area contributed by atoms with Crippen molar-refractivity contribution < 1.29 is 4.79 Å². The first-order valence-electron chi connectivity index (χ1n) is 11.9. The monoisotopic (exact) mass is 501 g/mol. The molecule has 0 atom stereocenters. The normalized spacial score (nSPS) is 19.9. The predicted molar refractivity (Wildman–Crippen MR) is 144 cm³/mol. The van der Waals surface area contributed by atoms with Gasteiger partial charge in [0, 0.05) is 40.1 Å². The number of para-hydroxylation sites is 1. The van der Waals surface area contributed by atoms with E-state index in [1.165, 1.54) is 36.0 Å². The summed E-state index contributed by atoms with van der Waals surface area (Å²) in [6.45, 7) is 0.673. The first kappa shape index (κ1) is 22.3. The summed E-state index contributed by atoms with van der Waals surface area (Å²) in [5, 5.41) is 18.3. The molecule has 8 heteroatoms. The molecular weight excluding hydrogens is 478 g/mol. The number of hydrazone groups is 1. The van der Waals surface area contributed by atoms with E-state index in [9.17, 15) is 4.79 Å². The van der Waals surface area contributed by atoms with Gasteiger partial charge in [-0.1, -0.05) is 61.2 Å². The van der Waals surface area contributed by atoms with Crippen LogP contribution in [0.5, 0.6) is 0 Å². The lowest BCUT2D eigenvalue weighted by Crippen LogP contribution is -2.35. The van der Waals surface area contributed by atoms with Crippen LogP contribution in [-0.2, 0) is 11.3 Å². The van der Waals surface area contributed by atoms with Crippen LogP contribution in [0.25, 0.3) is 17.0 Å². The third kappa shape index (κ3) is 4.23. The summed E-state index contributed by atoms with van der Waals surface area (Å²) in [6.07, 6.45) is 9.72. The van der Waals surface area contributed by atoms with E-state index in [-0.39, 0.29) is 17.3 Å². The molecule has 0 radical (unpaired) electrons. The fourth-order valence-electron chi connectivity index (χ4n) is 4.98. The van der Waals surface area contributed by atoms with E-state index in [4.69, 9.17) is 22.1 Å². The molecular formula is C27H24ClN5OS. The van der Waals surface area contributed by atoms with Crippen LogP contribution < -0.4 is 0 Å². The van der Waals surface area contributed by atoms with E-state index in [1.807, 2.05) is 48.7 Å². The molecule has 3 heterocycles. The van der Waals surface area contributed by atoms with E-state index >= 15 is 0 Å². The Bertz CT molecular complexity index is 1430. The van der Waals surface area contributed by atoms with Crippen molar-refractivity contribution in [3.05, 3.63) is 76.5 Å². The number of halogens is 1. The number of nitrogens with one attached hydrogen (secondary N) is 1. The number of amides is 1. The van der Waals surface area contributed by atoms with Gasteiger partial charge in [-0.25, -0.2) is 0 Å². The van der Waals surface area contributed by atoms with Gasteiger partial charge in [0.25, 0.3) is 5.91 Å². The summed E-state index contributed by atoms with van der Waals surface area (Å²) >= 11 is 7.50. The Balaban J connectivity index is 1.34. The molecule has 0 saturated heterocycles. The molecule has 3 aromatic rings. The number of carbonyl (C=O) groups excluding carboxylic acids is 1. The number of aromatic nitrogens is 1. The smallest absolute Gasteiger partial charge is 0.283 e. The Morgan fingerprint density at radius 1 is 1.09 bits per heavy atom. The number of rotatable bonds is 4. The molecule has 1 aromatic heterocycles. The number of benzene rings is 2. The molecule has 0 unspecified atom stereocenters. The van der Waals surface area contributed by atoms with Gasteiger partial charge < -0.3 is 4.57 Å². The average Bonchev–Trinajstić information content (AvgIpc) is 3.46. The summed E-state index contributed by atoms with van der Waals surface area (Å²) < 4.78 is 2.15. The van der Waals surface area contributed by atoms with Crippen LogP contribution in [-0.4, -0.2) is 31.5 Å². The summed E-state index contributed by atoms with van der Waals surface area (Å²) in [5.74, 6) is 0.111. The highest BCUT2D eigenvalue weighted by atomic mass is 35.5. The lowest BCUT2D eigenvalue weighted by atomic mass is 9.90. The van der Waals surface area contributed by atoms with Crippen molar-refractivity contribution in [2.24, 2.45) is 16.0 Å². The maximum Gasteiger partial charge on any atom is 0.283 e. The van der Waals surface area contributed by atoms with Crippen molar-refractivity contribution in [3.8, 4) is 0 Å². The second-order valence-electron chi connectivity index (χ2n) is 9.15. The SMILES string of the molecule is N=C1C(=Cc2cn(Cc3ccc(Cl)cc3)c3ccccc23)C(=O)N=C2SC(C3CCCCC3)=NN12.